The van der Waals surface area contributed by atoms with Crippen LogP contribution < -0.4 is 0 Å². The summed E-state index contributed by atoms with van der Waals surface area (Å²) in [6, 6.07) is 7.13. The van der Waals surface area contributed by atoms with Crippen LogP contribution in [0, 0.1) is 5.92 Å². The molecule has 1 aromatic rings. The lowest BCUT2D eigenvalue weighted by atomic mass is 10.00. The molecule has 0 aromatic heterocycles. The zero-order valence-electron chi connectivity index (χ0n) is 10.3. The van der Waals surface area contributed by atoms with Crippen molar-refractivity contribution in [2.45, 2.75) is 13.8 Å². The number of ether oxygens (including phenoxy) is 1. The predicted molar refractivity (Wildman–Crippen MR) is 66.7 cm³/mol. The van der Waals surface area contributed by atoms with E-state index in [4.69, 9.17) is 0 Å². The first-order valence-corrected chi connectivity index (χ1v) is 5.45. The van der Waals surface area contributed by atoms with Gasteiger partial charge in [0, 0.05) is 17.6 Å². The molecule has 90 valence electrons. The van der Waals surface area contributed by atoms with Crippen molar-refractivity contribution < 1.29 is 14.3 Å². The fourth-order valence-electron chi connectivity index (χ4n) is 1.32. The third-order valence-electron chi connectivity index (χ3n) is 2.33. The average Bonchev–Trinajstić information content (AvgIpc) is 2.35. The molecule has 0 saturated heterocycles. The fourth-order valence-corrected chi connectivity index (χ4v) is 1.32. The van der Waals surface area contributed by atoms with Crippen molar-refractivity contribution in [1.29, 1.82) is 0 Å². The molecule has 17 heavy (non-hydrogen) atoms. The normalized spacial score (nSPS) is 10.8. The summed E-state index contributed by atoms with van der Waals surface area (Å²) in [6.45, 7) is 3.74. The van der Waals surface area contributed by atoms with Crippen molar-refractivity contribution in [3.63, 3.8) is 0 Å². The summed E-state index contributed by atoms with van der Waals surface area (Å²) >= 11 is 0. The molecule has 0 fully saturated rings. The maximum Gasteiger partial charge on any atom is 0.330 e. The average molecular weight is 232 g/mol. The lowest BCUT2D eigenvalue weighted by molar-refractivity contribution is -0.134. The number of Topliss-reactive ketones (excluding diaryl/α,β-unsaturated/α-hetero) is 1. The Bertz CT molecular complexity index is 427. The number of methoxy groups -OCH3 is 1. The van der Waals surface area contributed by atoms with E-state index in [2.05, 4.69) is 4.74 Å². The van der Waals surface area contributed by atoms with Crippen LogP contribution >= 0.6 is 0 Å². The van der Waals surface area contributed by atoms with E-state index in [1.807, 2.05) is 13.8 Å². The van der Waals surface area contributed by atoms with E-state index in [1.54, 1.807) is 30.3 Å². The van der Waals surface area contributed by atoms with E-state index >= 15 is 0 Å². The van der Waals surface area contributed by atoms with Gasteiger partial charge in [0.05, 0.1) is 7.11 Å². The zero-order chi connectivity index (χ0) is 12.8. The molecule has 3 heteroatoms. The van der Waals surface area contributed by atoms with Crippen LogP contribution in [0.2, 0.25) is 0 Å². The Labute approximate surface area is 101 Å². The molecule has 0 spiro atoms. The summed E-state index contributed by atoms with van der Waals surface area (Å²) < 4.78 is 4.49. The Morgan fingerprint density at radius 1 is 1.18 bits per heavy atom. The van der Waals surface area contributed by atoms with Gasteiger partial charge in [0.2, 0.25) is 0 Å². The van der Waals surface area contributed by atoms with Crippen LogP contribution in [0.5, 0.6) is 0 Å². The maximum atomic E-state index is 11.7. The fraction of sp³-hybridized carbons (Fsp3) is 0.286. The van der Waals surface area contributed by atoms with E-state index in [0.717, 1.165) is 5.56 Å². The van der Waals surface area contributed by atoms with Crippen LogP contribution in [-0.4, -0.2) is 18.9 Å². The number of carbonyl (C=O) groups is 2. The molecule has 0 radical (unpaired) electrons. The molecule has 0 aliphatic heterocycles. The van der Waals surface area contributed by atoms with Crippen LogP contribution in [0.1, 0.15) is 29.8 Å². The second-order valence-electron chi connectivity index (χ2n) is 4.00. The molecule has 1 rings (SSSR count). The van der Waals surface area contributed by atoms with Crippen LogP contribution in [0.4, 0.5) is 0 Å². The highest BCUT2D eigenvalue weighted by Crippen LogP contribution is 2.11. The SMILES string of the molecule is COC(=O)C=Cc1ccc(C(=O)C(C)C)cc1. The molecular weight excluding hydrogens is 216 g/mol. The molecule has 0 saturated carbocycles. The van der Waals surface area contributed by atoms with E-state index in [-0.39, 0.29) is 11.7 Å². The first-order chi connectivity index (χ1) is 8.04. The Kier molecular flexibility index (Phi) is 4.64. The van der Waals surface area contributed by atoms with E-state index < -0.39 is 5.97 Å². The highest BCUT2D eigenvalue weighted by atomic mass is 16.5. The van der Waals surface area contributed by atoms with Crippen molar-refractivity contribution in [1.82, 2.24) is 0 Å². The monoisotopic (exact) mass is 232 g/mol. The standard InChI is InChI=1S/C14H16O3/c1-10(2)14(16)12-7-4-11(5-8-12)6-9-13(15)17-3/h4-10H,1-3H3. The Morgan fingerprint density at radius 3 is 2.24 bits per heavy atom. The number of rotatable bonds is 4. The van der Waals surface area contributed by atoms with Gasteiger partial charge in [-0.2, -0.15) is 0 Å². The van der Waals surface area contributed by atoms with E-state index in [1.165, 1.54) is 13.2 Å². The molecule has 0 amide bonds. The molecule has 0 heterocycles. The number of hydrogen-bond donors (Lipinski definition) is 0. The summed E-state index contributed by atoms with van der Waals surface area (Å²) in [7, 11) is 1.33. The quantitative estimate of drug-likeness (QED) is 0.455. The molecule has 0 bridgehead atoms. The second kappa shape index (κ2) is 5.99. The number of carbonyl (C=O) groups excluding carboxylic acids is 2. The first kappa shape index (κ1) is 13.2. The van der Waals surface area contributed by atoms with Gasteiger partial charge >= 0.3 is 5.97 Å². The van der Waals surface area contributed by atoms with Crippen molar-refractivity contribution >= 4 is 17.8 Å². The van der Waals surface area contributed by atoms with Crippen LogP contribution in [-0.2, 0) is 9.53 Å². The van der Waals surface area contributed by atoms with Gasteiger partial charge in [-0.05, 0) is 11.6 Å². The van der Waals surface area contributed by atoms with E-state index in [0.29, 0.717) is 5.56 Å². The number of hydrogen-bond acceptors (Lipinski definition) is 3. The third kappa shape index (κ3) is 3.87. The molecule has 0 atom stereocenters. The first-order valence-electron chi connectivity index (χ1n) is 5.45. The van der Waals surface area contributed by atoms with Crippen molar-refractivity contribution in [3.05, 3.63) is 41.5 Å². The molecule has 0 unspecified atom stereocenters. The van der Waals surface area contributed by atoms with Crippen LogP contribution in [0.25, 0.3) is 6.08 Å². The van der Waals surface area contributed by atoms with Crippen molar-refractivity contribution in [2.24, 2.45) is 5.92 Å². The predicted octanol–water partition coefficient (Wildman–Crippen LogP) is 2.71. The van der Waals surface area contributed by atoms with Crippen molar-refractivity contribution in [2.75, 3.05) is 7.11 Å². The molecular formula is C14H16O3. The van der Waals surface area contributed by atoms with Crippen molar-refractivity contribution in [3.8, 4) is 0 Å². The largest absolute Gasteiger partial charge is 0.466 e. The Hall–Kier alpha value is -1.90. The highest BCUT2D eigenvalue weighted by molar-refractivity contribution is 5.97. The summed E-state index contributed by atoms with van der Waals surface area (Å²) in [6.07, 6.45) is 2.99. The molecule has 0 aliphatic rings. The molecule has 0 N–H and O–H groups in total. The van der Waals surface area contributed by atoms with Gasteiger partial charge in [-0.1, -0.05) is 38.1 Å². The van der Waals surface area contributed by atoms with Crippen LogP contribution in [0.3, 0.4) is 0 Å². The van der Waals surface area contributed by atoms with E-state index in [9.17, 15) is 9.59 Å². The Morgan fingerprint density at radius 2 is 1.76 bits per heavy atom. The minimum absolute atomic E-state index is 0.00791. The Balaban J connectivity index is 2.78. The smallest absolute Gasteiger partial charge is 0.330 e. The van der Waals surface area contributed by atoms with Gasteiger partial charge in [-0.25, -0.2) is 4.79 Å². The lowest BCUT2D eigenvalue weighted by Gasteiger charge is -2.03. The zero-order valence-corrected chi connectivity index (χ0v) is 10.3. The summed E-state index contributed by atoms with van der Waals surface area (Å²) in [4.78, 5) is 22.6. The van der Waals surface area contributed by atoms with Gasteiger partial charge < -0.3 is 4.74 Å². The van der Waals surface area contributed by atoms with Crippen LogP contribution in [0.15, 0.2) is 30.3 Å². The molecule has 0 aliphatic carbocycles. The summed E-state index contributed by atoms with van der Waals surface area (Å²) in [5.41, 5.74) is 1.55. The summed E-state index contributed by atoms with van der Waals surface area (Å²) in [5, 5.41) is 0. The number of ketones is 1. The minimum Gasteiger partial charge on any atom is -0.466 e. The second-order valence-corrected chi connectivity index (χ2v) is 4.00. The molecule has 1 aromatic carbocycles. The number of benzene rings is 1. The topological polar surface area (TPSA) is 43.4 Å². The molecule has 3 nitrogen and oxygen atoms in total. The van der Waals surface area contributed by atoms with Gasteiger partial charge in [-0.3, -0.25) is 4.79 Å². The number of esters is 1. The van der Waals surface area contributed by atoms with Gasteiger partial charge in [-0.15, -0.1) is 0 Å². The maximum absolute atomic E-state index is 11.7. The lowest BCUT2D eigenvalue weighted by Crippen LogP contribution is -2.06. The third-order valence-corrected chi connectivity index (χ3v) is 2.33. The van der Waals surface area contributed by atoms with Gasteiger partial charge in [0.25, 0.3) is 0 Å². The van der Waals surface area contributed by atoms with Gasteiger partial charge in [0.15, 0.2) is 5.78 Å². The minimum atomic E-state index is -0.396. The van der Waals surface area contributed by atoms with Gasteiger partial charge in [0.1, 0.15) is 0 Å². The summed E-state index contributed by atoms with van der Waals surface area (Å²) in [5.74, 6) is -0.285. The highest BCUT2D eigenvalue weighted by Gasteiger charge is 2.09.